The zero-order chi connectivity index (χ0) is 27.8. The first-order valence-electron chi connectivity index (χ1n) is 12.2. The predicted octanol–water partition coefficient (Wildman–Crippen LogP) is 5.17. The molecule has 200 valence electrons. The van der Waals surface area contributed by atoms with Crippen molar-refractivity contribution >= 4 is 5.91 Å². The van der Waals surface area contributed by atoms with Crippen molar-refractivity contribution in [3.63, 3.8) is 0 Å². The molecule has 10 heteroatoms. The number of aryl methyl sites for hydroxylation is 1. The third kappa shape index (κ3) is 4.73. The second-order valence-corrected chi connectivity index (χ2v) is 9.34. The number of hydrogen-bond acceptors (Lipinski definition) is 5. The van der Waals surface area contributed by atoms with Crippen molar-refractivity contribution in [3.05, 3.63) is 99.4 Å². The van der Waals surface area contributed by atoms with Crippen LogP contribution in [0.3, 0.4) is 0 Å². The molecular weight excluding hydrogens is 511 g/mol. The molecule has 2 N–H and O–H groups in total. The minimum atomic E-state index is -0.845. The topological polar surface area (TPSA) is 95.5 Å². The molecule has 0 aliphatic carbocycles. The smallest absolute Gasteiger partial charge is 0.265 e. The molecular formula is C29H24F3N3O4. The van der Waals surface area contributed by atoms with Gasteiger partial charge in [0.05, 0.1) is 30.3 Å². The highest BCUT2D eigenvalue weighted by molar-refractivity contribution is 6.02. The minimum absolute atomic E-state index is 0.0238. The van der Waals surface area contributed by atoms with E-state index in [-0.39, 0.29) is 30.0 Å². The summed E-state index contributed by atoms with van der Waals surface area (Å²) in [6.07, 6.45) is 1.25. The van der Waals surface area contributed by atoms with Gasteiger partial charge in [-0.2, -0.15) is 0 Å². The lowest BCUT2D eigenvalue weighted by Crippen LogP contribution is -2.33. The summed E-state index contributed by atoms with van der Waals surface area (Å²) in [7, 11) is 1.46. The molecule has 1 aliphatic rings. The predicted molar refractivity (Wildman–Crippen MR) is 138 cm³/mol. The number of carbonyl (C=O) groups is 1. The lowest BCUT2D eigenvalue weighted by molar-refractivity contribution is 0.0785. The molecule has 5 rings (SSSR count). The van der Waals surface area contributed by atoms with E-state index in [4.69, 9.17) is 4.74 Å². The van der Waals surface area contributed by atoms with Crippen molar-refractivity contribution in [2.24, 2.45) is 0 Å². The molecule has 39 heavy (non-hydrogen) atoms. The molecule has 3 heterocycles. The molecule has 1 fully saturated rings. The third-order valence-electron chi connectivity index (χ3n) is 6.94. The standard InChI is InChI=1S/C29H24F3N3O4/c1-15-4-3-5-21(39-2)22(15)23-26(16-6-8-18(30)9-7-16)34-28(37)24(27(23)36)29(38)35-11-10-17(14-35)25-20(32)12-19(31)13-33-25/h3-9,12-13,17H,10-11,14H2,1-2H3,(H2,34,36,37). The monoisotopic (exact) mass is 535 g/mol. The average molecular weight is 536 g/mol. The number of likely N-dealkylation sites (tertiary alicyclic amines) is 1. The Labute approximate surface area is 221 Å². The summed E-state index contributed by atoms with van der Waals surface area (Å²) in [6.45, 7) is 1.98. The number of rotatable bonds is 5. The molecule has 0 radical (unpaired) electrons. The Morgan fingerprint density at radius 3 is 2.54 bits per heavy atom. The van der Waals surface area contributed by atoms with Gasteiger partial charge in [0.25, 0.3) is 11.5 Å². The van der Waals surface area contributed by atoms with E-state index < -0.39 is 46.1 Å². The first-order valence-corrected chi connectivity index (χ1v) is 12.2. The van der Waals surface area contributed by atoms with Crippen LogP contribution in [-0.4, -0.2) is 46.1 Å². The fourth-order valence-corrected chi connectivity index (χ4v) is 5.05. The average Bonchev–Trinajstić information content (AvgIpc) is 3.39. The Morgan fingerprint density at radius 2 is 1.85 bits per heavy atom. The summed E-state index contributed by atoms with van der Waals surface area (Å²) in [5.41, 5.74) is 0.553. The summed E-state index contributed by atoms with van der Waals surface area (Å²) in [5.74, 6) is -3.54. The van der Waals surface area contributed by atoms with Crippen molar-refractivity contribution in [1.29, 1.82) is 0 Å². The number of H-pyrrole nitrogens is 1. The maximum absolute atomic E-state index is 14.3. The number of hydrogen-bond donors (Lipinski definition) is 2. The molecule has 1 amide bonds. The van der Waals surface area contributed by atoms with Gasteiger partial charge < -0.3 is 19.7 Å². The molecule has 0 saturated carbocycles. The molecule has 2 aromatic heterocycles. The Hall–Kier alpha value is -4.60. The van der Waals surface area contributed by atoms with Crippen molar-refractivity contribution in [2.75, 3.05) is 20.2 Å². The number of ether oxygens (including phenoxy) is 1. The lowest BCUT2D eigenvalue weighted by Gasteiger charge is -2.21. The zero-order valence-corrected chi connectivity index (χ0v) is 21.1. The Balaban J connectivity index is 1.63. The number of methoxy groups -OCH3 is 1. The van der Waals surface area contributed by atoms with E-state index in [1.165, 1.54) is 36.3 Å². The molecule has 1 atom stereocenters. The van der Waals surface area contributed by atoms with Gasteiger partial charge >= 0.3 is 0 Å². The fraction of sp³-hybridized carbons (Fsp3) is 0.207. The number of nitrogens with zero attached hydrogens (tertiary/aromatic N) is 2. The van der Waals surface area contributed by atoms with E-state index in [1.54, 1.807) is 25.1 Å². The van der Waals surface area contributed by atoms with Gasteiger partial charge in [-0.05, 0) is 54.8 Å². The quantitative estimate of drug-likeness (QED) is 0.368. The highest BCUT2D eigenvalue weighted by atomic mass is 19.1. The van der Waals surface area contributed by atoms with E-state index in [0.29, 0.717) is 28.9 Å². The molecule has 1 aliphatic heterocycles. The number of aromatic hydroxyl groups is 1. The number of aromatic nitrogens is 2. The van der Waals surface area contributed by atoms with Crippen molar-refractivity contribution in [3.8, 4) is 33.9 Å². The van der Waals surface area contributed by atoms with Crippen LogP contribution in [0.25, 0.3) is 22.4 Å². The van der Waals surface area contributed by atoms with Gasteiger partial charge in [-0.25, -0.2) is 13.2 Å². The Kier molecular flexibility index (Phi) is 6.86. The highest BCUT2D eigenvalue weighted by Crippen LogP contribution is 2.44. The van der Waals surface area contributed by atoms with Crippen LogP contribution in [0.15, 0.2) is 59.5 Å². The first-order chi connectivity index (χ1) is 18.7. The maximum atomic E-state index is 14.3. The second-order valence-electron chi connectivity index (χ2n) is 9.34. The Morgan fingerprint density at radius 1 is 1.10 bits per heavy atom. The van der Waals surface area contributed by atoms with Crippen LogP contribution in [0, 0.1) is 24.4 Å². The normalized spacial score (nSPS) is 15.0. The number of halogens is 3. The Bertz CT molecular complexity index is 1640. The van der Waals surface area contributed by atoms with Crippen LogP contribution in [-0.2, 0) is 0 Å². The van der Waals surface area contributed by atoms with E-state index >= 15 is 0 Å². The summed E-state index contributed by atoms with van der Waals surface area (Å²) in [6, 6.07) is 11.3. The molecule has 2 aromatic carbocycles. The van der Waals surface area contributed by atoms with E-state index in [0.717, 1.165) is 12.3 Å². The maximum Gasteiger partial charge on any atom is 0.265 e. The van der Waals surface area contributed by atoms with Gasteiger partial charge in [-0.15, -0.1) is 0 Å². The number of aromatic amines is 1. The van der Waals surface area contributed by atoms with Gasteiger partial charge in [0, 0.05) is 30.6 Å². The third-order valence-corrected chi connectivity index (χ3v) is 6.94. The number of nitrogens with one attached hydrogen (secondary N) is 1. The largest absolute Gasteiger partial charge is 0.506 e. The highest BCUT2D eigenvalue weighted by Gasteiger charge is 2.35. The molecule has 7 nitrogen and oxygen atoms in total. The van der Waals surface area contributed by atoms with Crippen LogP contribution >= 0.6 is 0 Å². The van der Waals surface area contributed by atoms with Crippen molar-refractivity contribution in [2.45, 2.75) is 19.3 Å². The molecule has 4 aromatic rings. The van der Waals surface area contributed by atoms with Crippen molar-refractivity contribution < 1.29 is 27.8 Å². The van der Waals surface area contributed by atoms with Crippen LogP contribution in [0.5, 0.6) is 11.5 Å². The van der Waals surface area contributed by atoms with E-state index in [2.05, 4.69) is 9.97 Å². The van der Waals surface area contributed by atoms with Gasteiger partial charge in [0.15, 0.2) is 0 Å². The van der Waals surface area contributed by atoms with Crippen LogP contribution in [0.2, 0.25) is 0 Å². The number of carbonyl (C=O) groups excluding carboxylic acids is 1. The van der Waals surface area contributed by atoms with Crippen LogP contribution in [0.4, 0.5) is 13.2 Å². The van der Waals surface area contributed by atoms with Gasteiger partial charge in [-0.3, -0.25) is 14.6 Å². The van der Waals surface area contributed by atoms with E-state index in [1.807, 2.05) is 0 Å². The fourth-order valence-electron chi connectivity index (χ4n) is 5.05. The van der Waals surface area contributed by atoms with E-state index in [9.17, 15) is 27.9 Å². The summed E-state index contributed by atoms with van der Waals surface area (Å²) in [4.78, 5) is 34.8. The molecule has 1 saturated heterocycles. The summed E-state index contributed by atoms with van der Waals surface area (Å²) in [5, 5.41) is 11.5. The summed E-state index contributed by atoms with van der Waals surface area (Å²) >= 11 is 0. The second kappa shape index (κ2) is 10.3. The number of amides is 1. The number of pyridine rings is 2. The van der Waals surface area contributed by atoms with Crippen LogP contribution in [0.1, 0.15) is 34.0 Å². The lowest BCUT2D eigenvalue weighted by atomic mass is 9.92. The van der Waals surface area contributed by atoms with Gasteiger partial charge in [0.1, 0.15) is 34.5 Å². The SMILES string of the molecule is COc1cccc(C)c1-c1c(-c2ccc(F)cc2)[nH]c(=O)c(C(=O)N2CCC(c3ncc(F)cc3F)C2)c1O. The molecule has 1 unspecified atom stereocenters. The summed E-state index contributed by atoms with van der Waals surface area (Å²) < 4.78 is 46.9. The van der Waals surface area contributed by atoms with Gasteiger partial charge in [0.2, 0.25) is 0 Å². The molecule has 0 spiro atoms. The van der Waals surface area contributed by atoms with Crippen LogP contribution < -0.4 is 10.3 Å². The minimum Gasteiger partial charge on any atom is -0.506 e. The van der Waals surface area contributed by atoms with Gasteiger partial charge in [-0.1, -0.05) is 12.1 Å². The number of benzene rings is 2. The first kappa shape index (κ1) is 26.0. The zero-order valence-electron chi connectivity index (χ0n) is 21.1. The van der Waals surface area contributed by atoms with Crippen molar-refractivity contribution in [1.82, 2.24) is 14.9 Å². The molecule has 0 bridgehead atoms.